The molecule has 0 bridgehead atoms. The fraction of sp³-hybridized carbons (Fsp3) is 0.455. The summed E-state index contributed by atoms with van der Waals surface area (Å²) in [6, 6.07) is 13.3. The van der Waals surface area contributed by atoms with Crippen LogP contribution in [-0.4, -0.2) is 59.8 Å². The lowest BCUT2D eigenvalue weighted by atomic mass is 9.93. The Hall–Kier alpha value is -3.89. The molecule has 2 aromatic rings. The molecule has 10 nitrogen and oxygen atoms in total. The number of cyclic esters (lactones) is 2. The number of esters is 2. The Morgan fingerprint density at radius 2 is 1.77 bits per heavy atom. The highest BCUT2D eigenvalue weighted by Gasteiger charge is 2.47. The molecule has 1 saturated heterocycles. The van der Waals surface area contributed by atoms with Crippen molar-refractivity contribution in [3.05, 3.63) is 76.8 Å². The molecular formula is C33H39ClN2O8. The third-order valence-corrected chi connectivity index (χ3v) is 7.90. The van der Waals surface area contributed by atoms with Crippen LogP contribution in [0.5, 0.6) is 5.75 Å². The zero-order valence-electron chi connectivity index (χ0n) is 25.0. The summed E-state index contributed by atoms with van der Waals surface area (Å²) in [5.74, 6) is -2.68. The van der Waals surface area contributed by atoms with E-state index in [1.807, 2.05) is 51.1 Å². The van der Waals surface area contributed by atoms with Gasteiger partial charge in [-0.25, -0.2) is 4.79 Å². The van der Waals surface area contributed by atoms with Gasteiger partial charge in [0.1, 0.15) is 24.0 Å². The first-order valence-electron chi connectivity index (χ1n) is 14.8. The lowest BCUT2D eigenvalue weighted by Gasteiger charge is -2.26. The highest BCUT2D eigenvalue weighted by atomic mass is 35.5. The van der Waals surface area contributed by atoms with Crippen LogP contribution in [-0.2, 0) is 39.8 Å². The van der Waals surface area contributed by atoms with E-state index in [4.69, 9.17) is 25.8 Å². The topological polar surface area (TPSA) is 144 Å². The van der Waals surface area contributed by atoms with Crippen molar-refractivity contribution in [3.63, 3.8) is 0 Å². The quantitative estimate of drug-likeness (QED) is 0.307. The van der Waals surface area contributed by atoms with Gasteiger partial charge in [0.15, 0.2) is 6.10 Å². The van der Waals surface area contributed by atoms with Gasteiger partial charge < -0.3 is 30.0 Å². The van der Waals surface area contributed by atoms with Crippen LogP contribution >= 0.6 is 11.6 Å². The Morgan fingerprint density at radius 1 is 1.02 bits per heavy atom. The fourth-order valence-electron chi connectivity index (χ4n) is 5.14. The van der Waals surface area contributed by atoms with Gasteiger partial charge in [0.05, 0.1) is 17.5 Å². The zero-order valence-corrected chi connectivity index (χ0v) is 25.8. The van der Waals surface area contributed by atoms with Gasteiger partial charge in [-0.3, -0.25) is 14.4 Å². The van der Waals surface area contributed by atoms with Gasteiger partial charge in [-0.15, -0.1) is 0 Å². The van der Waals surface area contributed by atoms with Crippen LogP contribution in [0, 0.1) is 11.8 Å². The van der Waals surface area contributed by atoms with Crippen molar-refractivity contribution in [1.82, 2.24) is 10.6 Å². The summed E-state index contributed by atoms with van der Waals surface area (Å²) in [6.07, 6.45) is 1.10. The van der Waals surface area contributed by atoms with Crippen molar-refractivity contribution >= 4 is 35.4 Å². The average Bonchev–Trinajstić information content (AvgIpc) is 3.78. The zero-order chi connectivity index (χ0) is 31.8. The molecule has 0 spiro atoms. The van der Waals surface area contributed by atoms with E-state index in [1.165, 1.54) is 18.2 Å². The lowest BCUT2D eigenvalue weighted by Crippen LogP contribution is -2.48. The van der Waals surface area contributed by atoms with Crippen molar-refractivity contribution in [2.45, 2.75) is 76.9 Å². The van der Waals surface area contributed by atoms with E-state index in [9.17, 15) is 24.3 Å². The number of phenols is 1. The second kappa shape index (κ2) is 15.2. The number of amides is 2. The molecule has 236 valence electrons. The number of ether oxygens (including phenoxy) is 3. The summed E-state index contributed by atoms with van der Waals surface area (Å²) >= 11 is 6.04. The van der Waals surface area contributed by atoms with E-state index in [0.717, 1.165) is 5.56 Å². The Bertz CT molecular complexity index is 1360. The van der Waals surface area contributed by atoms with Gasteiger partial charge in [0.25, 0.3) is 0 Å². The molecule has 0 aromatic heterocycles. The van der Waals surface area contributed by atoms with E-state index in [2.05, 4.69) is 10.6 Å². The molecule has 0 radical (unpaired) electrons. The SMILES string of the molecule is CC(C)CC1OC(=O)CCNC(=O)[C@@H](Cc2ccc(O)c(Cl)c2)NC(=O)/C=C/C[C@@H]([C@H](C)[C@H]2O[C@@H]2c2ccccc2)OC1=O. The Kier molecular flexibility index (Phi) is 11.4. The molecular weight excluding hydrogens is 588 g/mol. The van der Waals surface area contributed by atoms with Crippen LogP contribution in [0.4, 0.5) is 0 Å². The van der Waals surface area contributed by atoms with Gasteiger partial charge in [-0.05, 0) is 41.7 Å². The first kappa shape index (κ1) is 33.0. The van der Waals surface area contributed by atoms with E-state index in [0.29, 0.717) is 5.56 Å². The van der Waals surface area contributed by atoms with Gasteiger partial charge in [-0.1, -0.05) is 74.8 Å². The van der Waals surface area contributed by atoms with E-state index in [1.54, 1.807) is 12.1 Å². The minimum absolute atomic E-state index is 0.0356. The molecule has 44 heavy (non-hydrogen) atoms. The number of phenolic OH excluding ortho intramolecular Hbond substituents is 1. The fourth-order valence-corrected chi connectivity index (χ4v) is 5.34. The van der Waals surface area contributed by atoms with E-state index >= 15 is 0 Å². The Balaban J connectivity index is 1.55. The van der Waals surface area contributed by atoms with Crippen LogP contribution < -0.4 is 10.6 Å². The standard InChI is InChI=1S/C33H39ClN2O8/c1-19(2)16-27-33(41)43-26(20(3)30-31(44-30)22-8-5-4-6-9-22)10-7-11-28(38)36-24(32(40)35-15-14-29(39)42-27)18-21-12-13-25(37)23(34)17-21/h4-9,11-13,17,19-20,24,26-27,30-31,37H,10,14-16,18H2,1-3H3,(H,35,40)(H,36,38)/b11-7+/t20-,24+,26-,27?,30+,31+/m0/s1. The van der Waals surface area contributed by atoms with Crippen molar-refractivity contribution in [3.8, 4) is 5.75 Å². The second-order valence-electron chi connectivity index (χ2n) is 11.6. The molecule has 1 fully saturated rings. The number of benzene rings is 2. The van der Waals surface area contributed by atoms with Crippen LogP contribution in [0.25, 0.3) is 0 Å². The summed E-state index contributed by atoms with van der Waals surface area (Å²) in [7, 11) is 0. The van der Waals surface area contributed by atoms with Crippen LogP contribution in [0.1, 0.15) is 57.3 Å². The van der Waals surface area contributed by atoms with Gasteiger partial charge >= 0.3 is 11.9 Å². The summed E-state index contributed by atoms with van der Waals surface area (Å²) in [5.41, 5.74) is 1.63. The minimum atomic E-state index is -1.12. The molecule has 2 aromatic carbocycles. The third-order valence-electron chi connectivity index (χ3n) is 7.60. The molecule has 1 unspecified atom stereocenters. The summed E-state index contributed by atoms with van der Waals surface area (Å²) in [5, 5.41) is 15.2. The normalized spacial score (nSPS) is 26.6. The highest BCUT2D eigenvalue weighted by molar-refractivity contribution is 6.32. The average molecular weight is 627 g/mol. The van der Waals surface area contributed by atoms with Crippen molar-refractivity contribution in [2.24, 2.45) is 11.8 Å². The Morgan fingerprint density at radius 3 is 2.48 bits per heavy atom. The molecule has 6 atom stereocenters. The molecule has 11 heteroatoms. The number of carbonyl (C=O) groups excluding carboxylic acids is 4. The van der Waals surface area contributed by atoms with Gasteiger partial charge in [0.2, 0.25) is 11.8 Å². The van der Waals surface area contributed by atoms with Crippen LogP contribution in [0.3, 0.4) is 0 Å². The number of nitrogens with one attached hydrogen (secondary N) is 2. The number of hydrogen-bond donors (Lipinski definition) is 3. The van der Waals surface area contributed by atoms with Crippen molar-refractivity contribution < 1.29 is 38.5 Å². The van der Waals surface area contributed by atoms with Crippen molar-refractivity contribution in [1.29, 1.82) is 0 Å². The smallest absolute Gasteiger partial charge is 0.347 e. The lowest BCUT2D eigenvalue weighted by molar-refractivity contribution is -0.174. The number of rotatable bonds is 7. The highest BCUT2D eigenvalue weighted by Crippen LogP contribution is 2.45. The molecule has 2 amide bonds. The largest absolute Gasteiger partial charge is 0.506 e. The first-order valence-corrected chi connectivity index (χ1v) is 15.2. The number of halogens is 1. The monoisotopic (exact) mass is 626 g/mol. The number of epoxide rings is 1. The van der Waals surface area contributed by atoms with Crippen LogP contribution in [0.2, 0.25) is 5.02 Å². The third kappa shape index (κ3) is 9.30. The maximum Gasteiger partial charge on any atom is 0.347 e. The minimum Gasteiger partial charge on any atom is -0.506 e. The van der Waals surface area contributed by atoms with Crippen molar-refractivity contribution in [2.75, 3.05) is 6.54 Å². The molecule has 2 heterocycles. The molecule has 0 saturated carbocycles. The predicted molar refractivity (Wildman–Crippen MR) is 163 cm³/mol. The summed E-state index contributed by atoms with van der Waals surface area (Å²) < 4.78 is 17.5. The molecule has 3 N–H and O–H groups in total. The Labute approximate surface area is 262 Å². The predicted octanol–water partition coefficient (Wildman–Crippen LogP) is 4.19. The molecule has 4 rings (SSSR count). The number of aromatic hydroxyl groups is 1. The van der Waals surface area contributed by atoms with E-state index < -0.39 is 42.0 Å². The van der Waals surface area contributed by atoms with Gasteiger partial charge in [0, 0.05) is 25.3 Å². The molecule has 2 aliphatic heterocycles. The van der Waals surface area contributed by atoms with Crippen LogP contribution in [0.15, 0.2) is 60.7 Å². The molecule has 0 aliphatic carbocycles. The maximum atomic E-state index is 13.3. The number of hydrogen-bond acceptors (Lipinski definition) is 8. The molecule has 2 aliphatic rings. The van der Waals surface area contributed by atoms with E-state index in [-0.39, 0.29) is 67.0 Å². The van der Waals surface area contributed by atoms with Gasteiger partial charge in [-0.2, -0.15) is 0 Å². The number of carbonyl (C=O) groups is 4. The summed E-state index contributed by atoms with van der Waals surface area (Å²) in [6.45, 7) is 5.67. The second-order valence-corrected chi connectivity index (χ2v) is 12.0. The maximum absolute atomic E-state index is 13.3. The summed E-state index contributed by atoms with van der Waals surface area (Å²) in [4.78, 5) is 52.1. The first-order chi connectivity index (χ1) is 21.0.